The SMILES string of the molecule is Fc1cccc(COCC2=NC(c3ccccc3)C(c3ccccc3)N2)c1. The van der Waals surface area contributed by atoms with Crippen LogP contribution in [0.5, 0.6) is 0 Å². The van der Waals surface area contributed by atoms with Crippen molar-refractivity contribution >= 4 is 5.84 Å². The molecule has 4 rings (SSSR count). The lowest BCUT2D eigenvalue weighted by Crippen LogP contribution is -2.27. The van der Waals surface area contributed by atoms with Crippen molar-refractivity contribution in [3.8, 4) is 0 Å². The molecule has 0 spiro atoms. The fourth-order valence-corrected chi connectivity index (χ4v) is 3.35. The van der Waals surface area contributed by atoms with E-state index in [9.17, 15) is 4.39 Å². The summed E-state index contributed by atoms with van der Waals surface area (Å²) in [6, 6.07) is 27.1. The van der Waals surface area contributed by atoms with Gasteiger partial charge in [0, 0.05) is 0 Å². The van der Waals surface area contributed by atoms with Crippen LogP contribution in [0.3, 0.4) is 0 Å². The summed E-state index contributed by atoms with van der Waals surface area (Å²) in [6.07, 6.45) is 0. The average molecular weight is 360 g/mol. The van der Waals surface area contributed by atoms with Crippen molar-refractivity contribution in [2.75, 3.05) is 6.61 Å². The Balaban J connectivity index is 1.48. The van der Waals surface area contributed by atoms with Crippen LogP contribution in [0.2, 0.25) is 0 Å². The van der Waals surface area contributed by atoms with Crippen LogP contribution in [-0.4, -0.2) is 12.4 Å². The van der Waals surface area contributed by atoms with Gasteiger partial charge in [-0.1, -0.05) is 72.8 Å². The van der Waals surface area contributed by atoms with Gasteiger partial charge in [0.15, 0.2) is 0 Å². The highest BCUT2D eigenvalue weighted by Gasteiger charge is 2.30. The van der Waals surface area contributed by atoms with E-state index in [1.807, 2.05) is 42.5 Å². The van der Waals surface area contributed by atoms with Crippen molar-refractivity contribution in [1.82, 2.24) is 5.32 Å². The molecular formula is C23H21FN2O. The summed E-state index contributed by atoms with van der Waals surface area (Å²) in [4.78, 5) is 4.87. The van der Waals surface area contributed by atoms with Crippen molar-refractivity contribution < 1.29 is 9.13 Å². The van der Waals surface area contributed by atoms with Crippen LogP contribution in [0, 0.1) is 5.82 Å². The molecule has 2 atom stereocenters. The summed E-state index contributed by atoms with van der Waals surface area (Å²) in [7, 11) is 0. The van der Waals surface area contributed by atoms with Gasteiger partial charge in [0.1, 0.15) is 24.3 Å². The van der Waals surface area contributed by atoms with Gasteiger partial charge in [-0.05, 0) is 28.8 Å². The molecule has 3 aromatic carbocycles. The molecule has 0 aromatic heterocycles. The second-order valence-corrected chi connectivity index (χ2v) is 6.59. The molecule has 1 heterocycles. The number of rotatable bonds is 6. The molecule has 4 heteroatoms. The molecule has 2 unspecified atom stereocenters. The minimum atomic E-state index is -0.249. The van der Waals surface area contributed by atoms with Gasteiger partial charge in [0.2, 0.25) is 0 Å². The van der Waals surface area contributed by atoms with E-state index in [1.165, 1.54) is 23.3 Å². The maximum absolute atomic E-state index is 13.3. The Labute approximate surface area is 158 Å². The van der Waals surface area contributed by atoms with Gasteiger partial charge < -0.3 is 10.1 Å². The lowest BCUT2D eigenvalue weighted by Gasteiger charge is -2.19. The van der Waals surface area contributed by atoms with Crippen LogP contribution in [0.25, 0.3) is 0 Å². The quantitative estimate of drug-likeness (QED) is 0.683. The van der Waals surface area contributed by atoms with E-state index in [2.05, 4.69) is 29.6 Å². The maximum atomic E-state index is 13.3. The summed E-state index contributed by atoms with van der Waals surface area (Å²) in [5.41, 5.74) is 3.17. The largest absolute Gasteiger partial charge is 0.369 e. The van der Waals surface area contributed by atoms with Crippen LogP contribution in [0.1, 0.15) is 28.8 Å². The smallest absolute Gasteiger partial charge is 0.124 e. The molecule has 1 aliphatic rings. The van der Waals surface area contributed by atoms with Crippen LogP contribution in [-0.2, 0) is 11.3 Å². The standard InChI is InChI=1S/C23H21FN2O/c24-20-13-7-8-17(14-20)15-27-16-21-25-22(18-9-3-1-4-10-18)23(26-21)19-11-5-2-6-12-19/h1-14,22-23H,15-16H2,(H,25,26). The number of benzene rings is 3. The van der Waals surface area contributed by atoms with Crippen LogP contribution >= 0.6 is 0 Å². The molecule has 0 saturated carbocycles. The van der Waals surface area contributed by atoms with E-state index in [-0.39, 0.29) is 17.9 Å². The minimum absolute atomic E-state index is 0.00127. The van der Waals surface area contributed by atoms with Crippen molar-refractivity contribution in [3.63, 3.8) is 0 Å². The predicted octanol–water partition coefficient (Wildman–Crippen LogP) is 4.83. The summed E-state index contributed by atoms with van der Waals surface area (Å²) in [5, 5.41) is 3.50. The van der Waals surface area contributed by atoms with E-state index in [4.69, 9.17) is 9.73 Å². The van der Waals surface area contributed by atoms with Crippen LogP contribution in [0.15, 0.2) is 89.9 Å². The Morgan fingerprint density at radius 2 is 1.52 bits per heavy atom. The highest BCUT2D eigenvalue weighted by atomic mass is 19.1. The summed E-state index contributed by atoms with van der Waals surface area (Å²) >= 11 is 0. The van der Waals surface area contributed by atoms with E-state index >= 15 is 0 Å². The lowest BCUT2D eigenvalue weighted by atomic mass is 9.95. The molecule has 0 radical (unpaired) electrons. The molecule has 0 fully saturated rings. The number of hydrogen-bond donors (Lipinski definition) is 1. The van der Waals surface area contributed by atoms with Gasteiger partial charge in [0.25, 0.3) is 0 Å². The molecule has 1 aliphatic heterocycles. The molecule has 27 heavy (non-hydrogen) atoms. The van der Waals surface area contributed by atoms with E-state index < -0.39 is 0 Å². The minimum Gasteiger partial charge on any atom is -0.369 e. The molecule has 0 amide bonds. The predicted molar refractivity (Wildman–Crippen MR) is 105 cm³/mol. The Morgan fingerprint density at radius 1 is 0.815 bits per heavy atom. The molecule has 3 aromatic rings. The Hall–Kier alpha value is -2.98. The first-order valence-corrected chi connectivity index (χ1v) is 9.05. The first-order chi connectivity index (χ1) is 13.3. The average Bonchev–Trinajstić information content (AvgIpc) is 3.14. The van der Waals surface area contributed by atoms with Gasteiger partial charge in [-0.2, -0.15) is 0 Å². The van der Waals surface area contributed by atoms with Crippen molar-refractivity contribution in [2.24, 2.45) is 4.99 Å². The van der Waals surface area contributed by atoms with Crippen LogP contribution in [0.4, 0.5) is 4.39 Å². The van der Waals surface area contributed by atoms with Crippen molar-refractivity contribution in [2.45, 2.75) is 18.7 Å². The Kier molecular flexibility index (Phi) is 5.26. The number of amidine groups is 1. The molecule has 0 saturated heterocycles. The van der Waals surface area contributed by atoms with E-state index in [0.717, 1.165) is 11.4 Å². The summed E-state index contributed by atoms with van der Waals surface area (Å²) in [6.45, 7) is 0.716. The van der Waals surface area contributed by atoms with Crippen molar-refractivity contribution in [3.05, 3.63) is 107 Å². The maximum Gasteiger partial charge on any atom is 0.124 e. The number of nitrogens with one attached hydrogen (secondary N) is 1. The fraction of sp³-hybridized carbons (Fsp3) is 0.174. The van der Waals surface area contributed by atoms with Gasteiger partial charge >= 0.3 is 0 Å². The van der Waals surface area contributed by atoms with E-state index in [1.54, 1.807) is 6.07 Å². The zero-order chi connectivity index (χ0) is 18.5. The molecule has 0 bridgehead atoms. The first-order valence-electron chi connectivity index (χ1n) is 9.05. The third-order valence-corrected chi connectivity index (χ3v) is 4.63. The second-order valence-electron chi connectivity index (χ2n) is 6.59. The molecule has 0 aliphatic carbocycles. The molecule has 1 N–H and O–H groups in total. The number of hydrogen-bond acceptors (Lipinski definition) is 3. The number of halogens is 1. The fourth-order valence-electron chi connectivity index (χ4n) is 3.35. The zero-order valence-corrected chi connectivity index (χ0v) is 14.9. The van der Waals surface area contributed by atoms with E-state index in [0.29, 0.717) is 13.2 Å². The monoisotopic (exact) mass is 360 g/mol. The third-order valence-electron chi connectivity index (χ3n) is 4.63. The highest BCUT2D eigenvalue weighted by molar-refractivity contribution is 5.86. The number of ether oxygens (including phenoxy) is 1. The molecule has 136 valence electrons. The molecular weight excluding hydrogens is 339 g/mol. The normalized spacial score (nSPS) is 18.8. The second kappa shape index (κ2) is 8.14. The first kappa shape index (κ1) is 17.4. The topological polar surface area (TPSA) is 33.6 Å². The number of nitrogens with zero attached hydrogens (tertiary/aromatic N) is 1. The zero-order valence-electron chi connectivity index (χ0n) is 14.9. The third kappa shape index (κ3) is 4.23. The lowest BCUT2D eigenvalue weighted by molar-refractivity contribution is 0.156. The number of aliphatic imine (C=N–C) groups is 1. The highest BCUT2D eigenvalue weighted by Crippen LogP contribution is 2.35. The Bertz CT molecular complexity index is 912. The van der Waals surface area contributed by atoms with Crippen molar-refractivity contribution in [1.29, 1.82) is 0 Å². The van der Waals surface area contributed by atoms with Crippen LogP contribution < -0.4 is 5.32 Å². The Morgan fingerprint density at radius 3 is 2.22 bits per heavy atom. The molecule has 3 nitrogen and oxygen atoms in total. The van der Waals surface area contributed by atoms with Gasteiger partial charge in [-0.3, -0.25) is 4.99 Å². The summed E-state index contributed by atoms with van der Waals surface area (Å²) in [5.74, 6) is 0.565. The summed E-state index contributed by atoms with van der Waals surface area (Å²) < 4.78 is 19.0. The van der Waals surface area contributed by atoms with Gasteiger partial charge in [-0.25, -0.2) is 4.39 Å². The van der Waals surface area contributed by atoms with Gasteiger partial charge in [0.05, 0.1) is 12.6 Å². The van der Waals surface area contributed by atoms with Gasteiger partial charge in [-0.15, -0.1) is 0 Å².